The van der Waals surface area contributed by atoms with Gasteiger partial charge in [-0.25, -0.2) is 8.78 Å². The van der Waals surface area contributed by atoms with Gasteiger partial charge in [0, 0.05) is 17.8 Å². The van der Waals surface area contributed by atoms with Gasteiger partial charge in [0.15, 0.2) is 0 Å². The summed E-state index contributed by atoms with van der Waals surface area (Å²) in [6, 6.07) is 12.0. The molecule has 0 atom stereocenters. The number of rotatable bonds is 5. The molecule has 0 aliphatic rings. The van der Waals surface area contributed by atoms with Crippen molar-refractivity contribution in [3.63, 3.8) is 0 Å². The van der Waals surface area contributed by atoms with Gasteiger partial charge >= 0.3 is 0 Å². The summed E-state index contributed by atoms with van der Waals surface area (Å²) < 4.78 is 26.0. The molecule has 0 saturated carbocycles. The summed E-state index contributed by atoms with van der Waals surface area (Å²) in [4.78, 5) is 11.6. The van der Waals surface area contributed by atoms with Crippen LogP contribution in [0.5, 0.6) is 0 Å². The molecule has 1 amide bonds. The maximum Gasteiger partial charge on any atom is 0.239 e. The van der Waals surface area contributed by atoms with Crippen LogP contribution in [0.4, 0.5) is 14.5 Å². The fourth-order valence-electron chi connectivity index (χ4n) is 1.65. The molecule has 0 radical (unpaired) electrons. The molecule has 0 saturated heterocycles. The van der Waals surface area contributed by atoms with Gasteiger partial charge in [-0.2, -0.15) is 0 Å². The zero-order valence-corrected chi connectivity index (χ0v) is 10.7. The standard InChI is InChI=1S/C15H14F2N2O/c16-12-5-7-13(8-6-12)18-10-15(20)19-9-11-3-1-2-4-14(11)17/h1-8,18H,9-10H2,(H,19,20). The number of halogens is 2. The first kappa shape index (κ1) is 14.0. The van der Waals surface area contributed by atoms with Crippen LogP contribution in [-0.2, 0) is 11.3 Å². The minimum Gasteiger partial charge on any atom is -0.376 e. The highest BCUT2D eigenvalue weighted by molar-refractivity contribution is 5.80. The molecule has 0 heterocycles. The molecule has 0 bridgehead atoms. The van der Waals surface area contributed by atoms with Crippen molar-refractivity contribution in [2.45, 2.75) is 6.54 Å². The number of benzene rings is 2. The molecule has 2 aromatic rings. The molecule has 2 aromatic carbocycles. The Bertz CT molecular complexity index is 585. The summed E-state index contributed by atoms with van der Waals surface area (Å²) in [6.07, 6.45) is 0. The normalized spacial score (nSPS) is 10.1. The first-order chi connectivity index (χ1) is 9.65. The Morgan fingerprint density at radius 2 is 1.70 bits per heavy atom. The van der Waals surface area contributed by atoms with E-state index >= 15 is 0 Å². The maximum atomic E-state index is 13.3. The molecule has 0 aliphatic heterocycles. The zero-order chi connectivity index (χ0) is 14.4. The van der Waals surface area contributed by atoms with Gasteiger partial charge in [-0.1, -0.05) is 18.2 Å². The number of carbonyl (C=O) groups excluding carboxylic acids is 1. The topological polar surface area (TPSA) is 41.1 Å². The van der Waals surface area contributed by atoms with Crippen molar-refractivity contribution in [3.8, 4) is 0 Å². The average molecular weight is 276 g/mol. The molecule has 5 heteroatoms. The van der Waals surface area contributed by atoms with E-state index in [0.717, 1.165) is 0 Å². The number of carbonyl (C=O) groups is 1. The Hall–Kier alpha value is -2.43. The van der Waals surface area contributed by atoms with Gasteiger partial charge in [0.05, 0.1) is 6.54 Å². The van der Waals surface area contributed by atoms with Crippen LogP contribution in [0.1, 0.15) is 5.56 Å². The number of hydrogen-bond donors (Lipinski definition) is 2. The molecule has 0 aliphatic carbocycles. The van der Waals surface area contributed by atoms with Crippen molar-refractivity contribution in [2.75, 3.05) is 11.9 Å². The van der Waals surface area contributed by atoms with Crippen LogP contribution in [0.3, 0.4) is 0 Å². The predicted molar refractivity (Wildman–Crippen MR) is 73.1 cm³/mol. The molecule has 104 valence electrons. The number of hydrogen-bond acceptors (Lipinski definition) is 2. The van der Waals surface area contributed by atoms with Gasteiger partial charge < -0.3 is 10.6 Å². The van der Waals surface area contributed by atoms with Crippen LogP contribution in [-0.4, -0.2) is 12.5 Å². The van der Waals surface area contributed by atoms with Gasteiger partial charge in [0.2, 0.25) is 5.91 Å². The average Bonchev–Trinajstić information content (AvgIpc) is 2.46. The molecule has 3 nitrogen and oxygen atoms in total. The summed E-state index contributed by atoms with van der Waals surface area (Å²) in [5.74, 6) is -0.948. The number of anilines is 1. The van der Waals surface area contributed by atoms with Crippen molar-refractivity contribution in [2.24, 2.45) is 0 Å². The molecule has 0 spiro atoms. The minimum absolute atomic E-state index is 0.0418. The Kier molecular flexibility index (Phi) is 4.65. The van der Waals surface area contributed by atoms with E-state index in [9.17, 15) is 13.6 Å². The van der Waals surface area contributed by atoms with Crippen LogP contribution >= 0.6 is 0 Å². The number of amides is 1. The van der Waals surface area contributed by atoms with Crippen molar-refractivity contribution < 1.29 is 13.6 Å². The Labute approximate surface area is 115 Å². The van der Waals surface area contributed by atoms with E-state index in [-0.39, 0.29) is 30.6 Å². The van der Waals surface area contributed by atoms with Crippen LogP contribution in [0.25, 0.3) is 0 Å². The quantitative estimate of drug-likeness (QED) is 0.881. The molecule has 0 aromatic heterocycles. The van der Waals surface area contributed by atoms with Crippen LogP contribution in [0, 0.1) is 11.6 Å². The first-order valence-corrected chi connectivity index (χ1v) is 6.15. The summed E-state index contributed by atoms with van der Waals surface area (Å²) in [5, 5.41) is 5.46. The number of nitrogens with one attached hydrogen (secondary N) is 2. The lowest BCUT2D eigenvalue weighted by atomic mass is 10.2. The Morgan fingerprint density at radius 3 is 2.40 bits per heavy atom. The van der Waals surface area contributed by atoms with Crippen LogP contribution in [0.2, 0.25) is 0 Å². The second kappa shape index (κ2) is 6.65. The van der Waals surface area contributed by atoms with Crippen LogP contribution < -0.4 is 10.6 Å². The van der Waals surface area contributed by atoms with E-state index in [0.29, 0.717) is 11.3 Å². The minimum atomic E-state index is -0.348. The lowest BCUT2D eigenvalue weighted by Gasteiger charge is -2.08. The van der Waals surface area contributed by atoms with E-state index in [1.165, 1.54) is 18.2 Å². The largest absolute Gasteiger partial charge is 0.376 e. The lowest BCUT2D eigenvalue weighted by molar-refractivity contribution is -0.119. The first-order valence-electron chi connectivity index (χ1n) is 6.15. The second-order valence-corrected chi connectivity index (χ2v) is 4.23. The third kappa shape index (κ3) is 4.05. The van der Waals surface area contributed by atoms with Crippen molar-refractivity contribution >= 4 is 11.6 Å². The highest BCUT2D eigenvalue weighted by atomic mass is 19.1. The fourth-order valence-corrected chi connectivity index (χ4v) is 1.65. The molecule has 0 fully saturated rings. The van der Waals surface area contributed by atoms with E-state index in [2.05, 4.69) is 10.6 Å². The fraction of sp³-hybridized carbons (Fsp3) is 0.133. The third-order valence-electron chi connectivity index (χ3n) is 2.73. The highest BCUT2D eigenvalue weighted by Gasteiger charge is 2.04. The van der Waals surface area contributed by atoms with Gasteiger partial charge in [0.1, 0.15) is 11.6 Å². The monoisotopic (exact) mass is 276 g/mol. The van der Waals surface area contributed by atoms with E-state index in [1.54, 1.807) is 30.3 Å². The van der Waals surface area contributed by atoms with Gasteiger partial charge in [-0.15, -0.1) is 0 Å². The molecule has 2 N–H and O–H groups in total. The van der Waals surface area contributed by atoms with Gasteiger partial charge in [0.25, 0.3) is 0 Å². The molecular formula is C15H14F2N2O. The molecule has 2 rings (SSSR count). The van der Waals surface area contributed by atoms with Crippen LogP contribution in [0.15, 0.2) is 48.5 Å². The summed E-state index contributed by atoms with van der Waals surface area (Å²) in [6.45, 7) is 0.177. The van der Waals surface area contributed by atoms with E-state index < -0.39 is 0 Å². The smallest absolute Gasteiger partial charge is 0.239 e. The Balaban J connectivity index is 1.78. The summed E-state index contributed by atoms with van der Waals surface area (Å²) in [5.41, 5.74) is 1.08. The molecule has 20 heavy (non-hydrogen) atoms. The summed E-state index contributed by atoms with van der Waals surface area (Å²) in [7, 11) is 0. The maximum absolute atomic E-state index is 13.3. The molecular weight excluding hydrogens is 262 g/mol. The Morgan fingerprint density at radius 1 is 1.00 bits per heavy atom. The van der Waals surface area contributed by atoms with E-state index in [4.69, 9.17) is 0 Å². The van der Waals surface area contributed by atoms with Crippen molar-refractivity contribution in [1.29, 1.82) is 0 Å². The predicted octanol–water partition coefficient (Wildman–Crippen LogP) is 2.69. The van der Waals surface area contributed by atoms with Gasteiger partial charge in [-0.05, 0) is 30.3 Å². The second-order valence-electron chi connectivity index (χ2n) is 4.23. The highest BCUT2D eigenvalue weighted by Crippen LogP contribution is 2.08. The third-order valence-corrected chi connectivity index (χ3v) is 2.73. The van der Waals surface area contributed by atoms with E-state index in [1.807, 2.05) is 0 Å². The summed E-state index contributed by atoms with van der Waals surface area (Å²) >= 11 is 0. The van der Waals surface area contributed by atoms with Gasteiger partial charge in [-0.3, -0.25) is 4.79 Å². The van der Waals surface area contributed by atoms with Crippen molar-refractivity contribution in [3.05, 3.63) is 65.7 Å². The van der Waals surface area contributed by atoms with Crippen molar-refractivity contribution in [1.82, 2.24) is 5.32 Å². The zero-order valence-electron chi connectivity index (χ0n) is 10.7. The lowest BCUT2D eigenvalue weighted by Crippen LogP contribution is -2.29. The molecule has 0 unspecified atom stereocenters. The SMILES string of the molecule is O=C(CNc1ccc(F)cc1)NCc1ccccc1F.